The van der Waals surface area contributed by atoms with Gasteiger partial charge in [-0.25, -0.2) is 4.79 Å². The smallest absolute Gasteiger partial charge is 0.407 e. The molecule has 4 rings (SSSR count). The summed E-state index contributed by atoms with van der Waals surface area (Å²) >= 11 is 3.39. The van der Waals surface area contributed by atoms with Crippen molar-refractivity contribution in [2.24, 2.45) is 11.8 Å². The Bertz CT molecular complexity index is 1030. The van der Waals surface area contributed by atoms with Crippen LogP contribution in [0.3, 0.4) is 0 Å². The Morgan fingerprint density at radius 2 is 1.58 bits per heavy atom. The Kier molecular flexibility index (Phi) is 6.67. The van der Waals surface area contributed by atoms with E-state index in [0.29, 0.717) is 6.42 Å². The number of carbonyl (C=O) groups is 2. The fourth-order valence-electron chi connectivity index (χ4n) is 3.64. The Hall–Kier alpha value is -3.12. The minimum atomic E-state index is -0.489. The van der Waals surface area contributed by atoms with Crippen LogP contribution in [0, 0.1) is 11.8 Å². The number of alkyl carbamates (subject to hydrolysis) is 1. The van der Waals surface area contributed by atoms with E-state index in [9.17, 15) is 9.59 Å². The highest BCUT2D eigenvalue weighted by atomic mass is 79.9. The zero-order valence-electron chi connectivity index (χ0n) is 16.8. The fourth-order valence-corrected chi connectivity index (χ4v) is 3.91. The first-order valence-corrected chi connectivity index (χ1v) is 11.0. The third-order valence-corrected chi connectivity index (χ3v) is 5.89. The molecule has 3 aromatic rings. The number of hydrogen-bond acceptors (Lipinski definition) is 3. The van der Waals surface area contributed by atoms with Crippen LogP contribution >= 0.6 is 15.9 Å². The van der Waals surface area contributed by atoms with E-state index in [4.69, 9.17) is 4.74 Å². The summed E-state index contributed by atoms with van der Waals surface area (Å²) in [5.41, 5.74) is 2.64. The summed E-state index contributed by atoms with van der Waals surface area (Å²) in [5, 5.41) is 5.94. The molecule has 0 heterocycles. The van der Waals surface area contributed by atoms with Gasteiger partial charge in [0, 0.05) is 16.1 Å². The van der Waals surface area contributed by atoms with E-state index in [1.807, 2.05) is 84.9 Å². The van der Waals surface area contributed by atoms with Crippen LogP contribution < -0.4 is 10.6 Å². The highest BCUT2D eigenvalue weighted by Crippen LogP contribution is 2.48. The molecule has 0 radical (unpaired) electrons. The lowest BCUT2D eigenvalue weighted by Crippen LogP contribution is -2.31. The Labute approximate surface area is 189 Å². The van der Waals surface area contributed by atoms with Crippen molar-refractivity contribution in [2.75, 3.05) is 5.32 Å². The maximum atomic E-state index is 12.7. The van der Waals surface area contributed by atoms with Gasteiger partial charge in [0.05, 0.1) is 6.04 Å². The van der Waals surface area contributed by atoms with Crippen LogP contribution in [0.15, 0.2) is 89.4 Å². The van der Waals surface area contributed by atoms with Crippen LogP contribution in [0.5, 0.6) is 0 Å². The largest absolute Gasteiger partial charge is 0.445 e. The third-order valence-electron chi connectivity index (χ3n) is 5.36. The molecular formula is C25H23BrN2O3. The van der Waals surface area contributed by atoms with Crippen LogP contribution in [0.1, 0.15) is 23.6 Å². The number of carbonyl (C=O) groups excluding carboxylic acids is 2. The van der Waals surface area contributed by atoms with E-state index in [-0.39, 0.29) is 30.4 Å². The Balaban J connectivity index is 1.39. The Morgan fingerprint density at radius 3 is 2.26 bits per heavy atom. The third kappa shape index (κ3) is 5.73. The van der Waals surface area contributed by atoms with E-state index in [0.717, 1.165) is 21.3 Å². The number of nitrogens with one attached hydrogen (secondary N) is 2. The van der Waals surface area contributed by atoms with Crippen molar-refractivity contribution in [1.29, 1.82) is 0 Å². The monoisotopic (exact) mass is 478 g/mol. The molecule has 1 aliphatic rings. The van der Waals surface area contributed by atoms with E-state index in [1.54, 1.807) is 0 Å². The average Bonchev–Trinajstić information content (AvgIpc) is 3.60. The van der Waals surface area contributed by atoms with Crippen molar-refractivity contribution in [3.8, 4) is 0 Å². The van der Waals surface area contributed by atoms with Crippen molar-refractivity contribution in [3.63, 3.8) is 0 Å². The summed E-state index contributed by atoms with van der Waals surface area (Å²) in [5.74, 6) is -0.182. The minimum Gasteiger partial charge on any atom is -0.445 e. The number of amides is 2. The lowest BCUT2D eigenvalue weighted by molar-refractivity contribution is -0.117. The van der Waals surface area contributed by atoms with Gasteiger partial charge >= 0.3 is 6.09 Å². The van der Waals surface area contributed by atoms with Gasteiger partial charge in [0.25, 0.3) is 0 Å². The first-order chi connectivity index (χ1) is 15.1. The van der Waals surface area contributed by atoms with Crippen molar-refractivity contribution < 1.29 is 14.3 Å². The summed E-state index contributed by atoms with van der Waals surface area (Å²) in [6, 6.07) is 26.5. The second kappa shape index (κ2) is 9.79. The SMILES string of the molecule is O=C(N[C@@H](c1ccccc1)[C@H]1C[C@H]1C(=O)Nc1ccc(Br)cc1)OCc1ccccc1. The maximum absolute atomic E-state index is 12.7. The molecule has 0 bridgehead atoms. The number of halogens is 1. The summed E-state index contributed by atoms with van der Waals surface area (Å²) < 4.78 is 6.36. The first kappa shape index (κ1) is 21.1. The number of rotatable bonds is 7. The van der Waals surface area contributed by atoms with Crippen LogP contribution in [0.2, 0.25) is 0 Å². The van der Waals surface area contributed by atoms with Crippen LogP contribution in [0.25, 0.3) is 0 Å². The standard InChI is InChI=1S/C25H23BrN2O3/c26-19-11-13-20(14-12-19)27-24(29)22-15-21(22)23(18-9-5-2-6-10-18)28-25(30)31-16-17-7-3-1-4-8-17/h1-14,21-23H,15-16H2,(H,27,29)(H,28,30)/t21-,22+,23-/m0/s1. The number of anilines is 1. The maximum Gasteiger partial charge on any atom is 0.407 e. The van der Waals surface area contributed by atoms with Gasteiger partial charge in [-0.2, -0.15) is 0 Å². The van der Waals surface area contributed by atoms with Gasteiger partial charge in [0.1, 0.15) is 6.61 Å². The number of benzene rings is 3. The molecule has 0 spiro atoms. The molecule has 5 nitrogen and oxygen atoms in total. The molecule has 31 heavy (non-hydrogen) atoms. The zero-order chi connectivity index (χ0) is 21.6. The average molecular weight is 479 g/mol. The van der Waals surface area contributed by atoms with E-state index < -0.39 is 6.09 Å². The van der Waals surface area contributed by atoms with Crippen LogP contribution in [-0.4, -0.2) is 12.0 Å². The second-order valence-corrected chi connectivity index (χ2v) is 8.51. The van der Waals surface area contributed by atoms with Crippen molar-refractivity contribution >= 4 is 33.6 Å². The molecule has 158 valence electrons. The number of ether oxygens (including phenoxy) is 1. The summed E-state index contributed by atoms with van der Waals surface area (Å²) in [4.78, 5) is 25.2. The van der Waals surface area contributed by atoms with Crippen LogP contribution in [-0.2, 0) is 16.1 Å². The predicted molar refractivity (Wildman–Crippen MR) is 123 cm³/mol. The van der Waals surface area contributed by atoms with E-state index >= 15 is 0 Å². The lowest BCUT2D eigenvalue weighted by Gasteiger charge is -2.19. The molecule has 2 amide bonds. The quantitative estimate of drug-likeness (QED) is 0.458. The molecule has 3 atom stereocenters. The molecule has 6 heteroatoms. The molecule has 0 unspecified atom stereocenters. The normalized spacial score (nSPS) is 18.0. The topological polar surface area (TPSA) is 67.4 Å². The number of hydrogen-bond donors (Lipinski definition) is 2. The molecular weight excluding hydrogens is 456 g/mol. The van der Waals surface area contributed by atoms with E-state index in [2.05, 4.69) is 26.6 Å². The minimum absolute atomic E-state index is 0.0159. The van der Waals surface area contributed by atoms with Crippen molar-refractivity contribution in [3.05, 3.63) is 101 Å². The molecule has 2 N–H and O–H groups in total. The van der Waals surface area contributed by atoms with Gasteiger partial charge in [-0.05, 0) is 47.7 Å². The van der Waals surface area contributed by atoms with Gasteiger partial charge in [0.2, 0.25) is 5.91 Å². The van der Waals surface area contributed by atoms with Gasteiger partial charge in [-0.1, -0.05) is 76.6 Å². The Morgan fingerprint density at radius 1 is 0.935 bits per heavy atom. The summed E-state index contributed by atoms with van der Waals surface area (Å²) in [7, 11) is 0. The molecule has 0 aromatic heterocycles. The molecule has 0 aliphatic heterocycles. The van der Waals surface area contributed by atoms with Gasteiger partial charge < -0.3 is 15.4 Å². The highest BCUT2D eigenvalue weighted by molar-refractivity contribution is 9.10. The van der Waals surface area contributed by atoms with Gasteiger partial charge in [-0.15, -0.1) is 0 Å². The molecule has 1 fully saturated rings. The van der Waals surface area contributed by atoms with Crippen LogP contribution in [0.4, 0.5) is 10.5 Å². The molecule has 0 saturated heterocycles. The van der Waals surface area contributed by atoms with Crippen molar-refractivity contribution in [2.45, 2.75) is 19.1 Å². The van der Waals surface area contributed by atoms with Crippen molar-refractivity contribution in [1.82, 2.24) is 5.32 Å². The summed E-state index contributed by atoms with van der Waals surface area (Å²) in [6.45, 7) is 0.201. The lowest BCUT2D eigenvalue weighted by atomic mass is 10.0. The fraction of sp³-hybridized carbons (Fsp3) is 0.200. The zero-order valence-corrected chi connectivity index (χ0v) is 18.4. The molecule has 1 saturated carbocycles. The predicted octanol–water partition coefficient (Wildman–Crippen LogP) is 5.69. The molecule has 3 aromatic carbocycles. The highest BCUT2D eigenvalue weighted by Gasteiger charge is 2.48. The van der Waals surface area contributed by atoms with E-state index in [1.165, 1.54) is 0 Å². The summed E-state index contributed by atoms with van der Waals surface area (Å²) in [6.07, 6.45) is 0.220. The molecule has 1 aliphatic carbocycles. The van der Waals surface area contributed by atoms with Gasteiger partial charge in [-0.3, -0.25) is 4.79 Å². The second-order valence-electron chi connectivity index (χ2n) is 7.60. The first-order valence-electron chi connectivity index (χ1n) is 10.2. The van der Waals surface area contributed by atoms with Gasteiger partial charge in [0.15, 0.2) is 0 Å².